The highest BCUT2D eigenvalue weighted by molar-refractivity contribution is 5.99. The lowest BCUT2D eigenvalue weighted by molar-refractivity contribution is -0.196. The number of nitrogens with one attached hydrogen (secondary N) is 1. The Kier molecular flexibility index (Phi) is 10.5. The first kappa shape index (κ1) is 36.2. The SMILES string of the molecule is CCCCCC[C@@H]1CO[C@@H]([C@@H](O)[C@](C)(O)[C@H]2CC[C@@]3(O)C4=C(NC[C@H](C)O)C(=O)[C@@H]5C[C@@H](O)[C@@H](O)C[C@]5(C)[C@H]4CC[C@]23C)[C@H]1CO. The van der Waals surface area contributed by atoms with Gasteiger partial charge in [-0.2, -0.15) is 0 Å². The molecule has 3 saturated carbocycles. The molecule has 5 aliphatic rings. The Morgan fingerprint density at radius 3 is 2.43 bits per heavy atom. The fourth-order valence-corrected chi connectivity index (χ4v) is 10.8. The van der Waals surface area contributed by atoms with Gasteiger partial charge in [-0.1, -0.05) is 46.5 Å². The second kappa shape index (κ2) is 13.3. The predicted octanol–water partition coefficient (Wildman–Crippen LogP) is 2.19. The van der Waals surface area contributed by atoms with E-state index in [4.69, 9.17) is 4.74 Å². The Labute approximate surface area is 274 Å². The van der Waals surface area contributed by atoms with Crippen LogP contribution in [0, 0.1) is 40.4 Å². The van der Waals surface area contributed by atoms with Gasteiger partial charge in [-0.05, 0) is 87.5 Å². The minimum atomic E-state index is -1.66. The topological polar surface area (TPSA) is 180 Å². The molecule has 0 radical (unpaired) electrons. The maximum atomic E-state index is 14.3. The van der Waals surface area contributed by atoms with Gasteiger partial charge in [-0.3, -0.25) is 4.79 Å². The molecule has 0 amide bonds. The summed E-state index contributed by atoms with van der Waals surface area (Å²) in [6.07, 6.45) is 2.74. The zero-order valence-corrected chi connectivity index (χ0v) is 28.6. The summed E-state index contributed by atoms with van der Waals surface area (Å²) in [4.78, 5) is 14.3. The summed E-state index contributed by atoms with van der Waals surface area (Å²) < 4.78 is 6.13. The molecule has 0 aromatic carbocycles. The fourth-order valence-electron chi connectivity index (χ4n) is 10.8. The van der Waals surface area contributed by atoms with Gasteiger partial charge in [0.15, 0.2) is 5.78 Å². The van der Waals surface area contributed by atoms with Crippen LogP contribution in [0.2, 0.25) is 0 Å². The number of Topliss-reactive ketones (excluding diaryl/α,β-unsaturated/α-hetero) is 1. The monoisotopic (exact) mass is 651 g/mol. The summed E-state index contributed by atoms with van der Waals surface area (Å²) in [6, 6.07) is 0. The molecule has 1 saturated heterocycles. The van der Waals surface area contributed by atoms with E-state index in [2.05, 4.69) is 12.2 Å². The second-order valence-electron chi connectivity index (χ2n) is 16.4. The number of rotatable bonds is 12. The molecule has 10 heteroatoms. The zero-order chi connectivity index (χ0) is 33.8. The Hall–Kier alpha value is -1.11. The van der Waals surface area contributed by atoms with Crippen LogP contribution in [0.15, 0.2) is 11.3 Å². The summed E-state index contributed by atoms with van der Waals surface area (Å²) in [5.41, 5.74) is -3.88. The molecule has 14 atom stereocenters. The van der Waals surface area contributed by atoms with E-state index in [-0.39, 0.29) is 61.6 Å². The average molecular weight is 652 g/mol. The van der Waals surface area contributed by atoms with Gasteiger partial charge in [0.05, 0.1) is 47.9 Å². The first-order valence-corrected chi connectivity index (χ1v) is 18.0. The number of ether oxygens (including phenoxy) is 1. The van der Waals surface area contributed by atoms with E-state index in [0.717, 1.165) is 32.1 Å². The molecule has 10 nitrogen and oxygen atoms in total. The first-order chi connectivity index (χ1) is 21.6. The van der Waals surface area contributed by atoms with E-state index in [1.807, 2.05) is 13.8 Å². The summed E-state index contributed by atoms with van der Waals surface area (Å²) in [5, 5.41) is 82.1. The van der Waals surface area contributed by atoms with Crippen LogP contribution in [0.1, 0.15) is 105 Å². The standard InChI is InChI=1S/C36H61NO9/c1-6-7-8-9-10-21-19-46-31(22(21)18-38)32(43)35(5,44)27-12-14-36(45)28-23(11-13-34(27,36)4)33(3)16-26(41)25(40)15-24(33)30(42)29(28)37-17-20(2)39/h20-27,31-32,37-41,43-45H,6-19H2,1-5H3/t20-,21+,22-,23-,24-,25+,26-,27-,31+,32+,33+,34+,35+,36+/m0/s1. The van der Waals surface area contributed by atoms with Crippen LogP contribution in [-0.2, 0) is 9.53 Å². The number of carbonyl (C=O) groups excluding carboxylic acids is 1. The Morgan fingerprint density at radius 2 is 1.78 bits per heavy atom. The largest absolute Gasteiger partial charge is 0.396 e. The van der Waals surface area contributed by atoms with Gasteiger partial charge in [0.25, 0.3) is 0 Å². The number of aliphatic hydroxyl groups is 7. The van der Waals surface area contributed by atoms with Crippen LogP contribution < -0.4 is 5.32 Å². The Balaban J connectivity index is 1.47. The third-order valence-corrected chi connectivity index (χ3v) is 13.6. The van der Waals surface area contributed by atoms with E-state index in [1.54, 1.807) is 13.8 Å². The van der Waals surface area contributed by atoms with Crippen molar-refractivity contribution >= 4 is 5.78 Å². The van der Waals surface area contributed by atoms with Crippen LogP contribution in [0.4, 0.5) is 0 Å². The molecular weight excluding hydrogens is 590 g/mol. The molecule has 5 rings (SSSR count). The lowest BCUT2D eigenvalue weighted by Crippen LogP contribution is -2.65. The molecular formula is C36H61NO9. The van der Waals surface area contributed by atoms with Gasteiger partial charge in [0.2, 0.25) is 0 Å². The number of ketones is 1. The summed E-state index contributed by atoms with van der Waals surface area (Å²) in [5.74, 6) is -1.77. The van der Waals surface area contributed by atoms with Gasteiger partial charge < -0.3 is 45.8 Å². The van der Waals surface area contributed by atoms with Crippen molar-refractivity contribution in [2.24, 2.45) is 40.4 Å². The molecule has 1 heterocycles. The first-order valence-electron chi connectivity index (χ1n) is 18.0. The highest BCUT2D eigenvalue weighted by Gasteiger charge is 2.71. The number of allylic oxidation sites excluding steroid dienone is 1. The van der Waals surface area contributed by atoms with Crippen molar-refractivity contribution in [2.75, 3.05) is 19.8 Å². The Morgan fingerprint density at radius 1 is 1.07 bits per heavy atom. The van der Waals surface area contributed by atoms with Gasteiger partial charge >= 0.3 is 0 Å². The van der Waals surface area contributed by atoms with E-state index in [9.17, 15) is 40.5 Å². The molecule has 264 valence electrons. The van der Waals surface area contributed by atoms with Crippen molar-refractivity contribution in [1.82, 2.24) is 5.32 Å². The number of fused-ring (bicyclic) bond motifs is 5. The smallest absolute Gasteiger partial charge is 0.182 e. The summed E-state index contributed by atoms with van der Waals surface area (Å²) in [6.45, 7) is 9.76. The summed E-state index contributed by atoms with van der Waals surface area (Å²) >= 11 is 0. The van der Waals surface area contributed by atoms with E-state index < -0.39 is 64.4 Å². The number of hydrogen-bond acceptors (Lipinski definition) is 10. The molecule has 0 spiro atoms. The quantitative estimate of drug-likeness (QED) is 0.146. The van der Waals surface area contributed by atoms with Crippen LogP contribution in [0.5, 0.6) is 0 Å². The molecule has 4 fully saturated rings. The zero-order valence-electron chi connectivity index (χ0n) is 28.6. The van der Waals surface area contributed by atoms with Crippen LogP contribution in [-0.4, -0.2) is 103 Å². The van der Waals surface area contributed by atoms with Crippen molar-refractivity contribution in [3.63, 3.8) is 0 Å². The van der Waals surface area contributed by atoms with Crippen LogP contribution in [0.25, 0.3) is 0 Å². The number of carbonyl (C=O) groups is 1. The third-order valence-electron chi connectivity index (χ3n) is 13.6. The van der Waals surface area contributed by atoms with Gasteiger partial charge in [-0.25, -0.2) is 0 Å². The Bertz CT molecular complexity index is 1140. The average Bonchev–Trinajstić information content (AvgIpc) is 3.53. The molecule has 8 N–H and O–H groups in total. The maximum absolute atomic E-state index is 14.3. The van der Waals surface area contributed by atoms with Crippen molar-refractivity contribution in [3.05, 3.63) is 11.3 Å². The fraction of sp³-hybridized carbons (Fsp3) is 0.917. The molecule has 0 aromatic heterocycles. The number of aliphatic hydroxyl groups excluding tert-OH is 5. The van der Waals surface area contributed by atoms with Crippen molar-refractivity contribution < 1.29 is 45.3 Å². The van der Waals surface area contributed by atoms with Crippen molar-refractivity contribution in [1.29, 1.82) is 0 Å². The summed E-state index contributed by atoms with van der Waals surface area (Å²) in [7, 11) is 0. The second-order valence-corrected chi connectivity index (χ2v) is 16.4. The lowest BCUT2D eigenvalue weighted by atomic mass is 9.45. The van der Waals surface area contributed by atoms with Crippen LogP contribution in [0.3, 0.4) is 0 Å². The highest BCUT2D eigenvalue weighted by Crippen LogP contribution is 2.69. The number of hydrogen-bond donors (Lipinski definition) is 8. The maximum Gasteiger partial charge on any atom is 0.182 e. The molecule has 1 aliphatic heterocycles. The van der Waals surface area contributed by atoms with Crippen molar-refractivity contribution in [2.45, 2.75) is 147 Å². The minimum Gasteiger partial charge on any atom is -0.396 e. The molecule has 0 aromatic rings. The van der Waals surface area contributed by atoms with Gasteiger partial charge in [0, 0.05) is 30.4 Å². The van der Waals surface area contributed by atoms with Gasteiger partial charge in [0.1, 0.15) is 6.10 Å². The van der Waals surface area contributed by atoms with Gasteiger partial charge in [-0.15, -0.1) is 0 Å². The van der Waals surface area contributed by atoms with Crippen molar-refractivity contribution in [3.8, 4) is 0 Å². The normalized spacial score (nSPS) is 45.1. The third kappa shape index (κ3) is 5.70. The van der Waals surface area contributed by atoms with E-state index in [0.29, 0.717) is 31.4 Å². The molecule has 0 unspecified atom stereocenters. The highest BCUT2D eigenvalue weighted by atomic mass is 16.5. The van der Waals surface area contributed by atoms with Crippen LogP contribution >= 0.6 is 0 Å². The molecule has 4 aliphatic carbocycles. The lowest BCUT2D eigenvalue weighted by Gasteiger charge is -2.61. The van der Waals surface area contributed by atoms with E-state index >= 15 is 0 Å². The predicted molar refractivity (Wildman–Crippen MR) is 172 cm³/mol. The number of unbranched alkanes of at least 4 members (excludes halogenated alkanes) is 3. The molecule has 0 bridgehead atoms. The minimum absolute atomic E-state index is 0.0999. The molecule has 46 heavy (non-hydrogen) atoms. The van der Waals surface area contributed by atoms with E-state index in [1.165, 1.54) is 0 Å².